The third kappa shape index (κ3) is 5.38. The van der Waals surface area contributed by atoms with Crippen LogP contribution in [0.4, 0.5) is 0 Å². The summed E-state index contributed by atoms with van der Waals surface area (Å²) in [5, 5.41) is 1.97. The highest BCUT2D eigenvalue weighted by atomic mass is 79.9. The van der Waals surface area contributed by atoms with E-state index in [9.17, 15) is 8.42 Å². The number of rotatable bonds is 5. The van der Waals surface area contributed by atoms with E-state index >= 15 is 0 Å². The quantitative estimate of drug-likeness (QED) is 0.808. The summed E-state index contributed by atoms with van der Waals surface area (Å²) in [5.41, 5.74) is 1.06. The normalized spacial score (nSPS) is 13.2. The van der Waals surface area contributed by atoms with Gasteiger partial charge in [-0.3, -0.25) is 0 Å². The molecule has 0 aliphatic rings. The summed E-state index contributed by atoms with van der Waals surface area (Å²) in [6.45, 7) is 6.60. The first-order chi connectivity index (χ1) is 8.10. The van der Waals surface area contributed by atoms with Crippen LogP contribution in [0.25, 0.3) is 0 Å². The molecule has 0 atom stereocenters. The number of hydrogen-bond donors (Lipinski definition) is 0. The average Bonchev–Trinajstić information content (AvgIpc) is 2.60. The molecule has 0 saturated carbocycles. The minimum atomic E-state index is -3.16. The first-order valence-corrected chi connectivity index (χ1v) is 9.05. The molecule has 1 rings (SSSR count). The minimum Gasteiger partial charge on any atom is -0.212 e. The molecule has 0 radical (unpaired) electrons. The zero-order valence-electron chi connectivity index (χ0n) is 11.2. The van der Waals surface area contributed by atoms with E-state index in [1.54, 1.807) is 18.4 Å². The fraction of sp³-hybridized carbons (Fsp3) is 0.667. The summed E-state index contributed by atoms with van der Waals surface area (Å²) in [6.07, 6.45) is 0.674. The molecule has 0 fully saturated rings. The topological polar surface area (TPSA) is 37.4 Å². The van der Waals surface area contributed by atoms with Gasteiger partial charge in [-0.2, -0.15) is 0 Å². The van der Waals surface area contributed by atoms with Gasteiger partial charge in [0.2, 0.25) is 10.0 Å². The van der Waals surface area contributed by atoms with Gasteiger partial charge in [-0.15, -0.1) is 11.3 Å². The summed E-state index contributed by atoms with van der Waals surface area (Å²) in [5.74, 6) is 0.207. The Labute approximate surface area is 122 Å². The second kappa shape index (κ2) is 6.03. The van der Waals surface area contributed by atoms with Crippen LogP contribution in [0.15, 0.2) is 15.2 Å². The van der Waals surface area contributed by atoms with Gasteiger partial charge in [0, 0.05) is 13.6 Å². The monoisotopic (exact) mass is 353 g/mol. The molecule has 0 aliphatic carbocycles. The molecule has 1 aromatic heterocycles. The lowest BCUT2D eigenvalue weighted by Crippen LogP contribution is -2.30. The fourth-order valence-corrected chi connectivity index (χ4v) is 4.10. The van der Waals surface area contributed by atoms with Crippen molar-refractivity contribution < 1.29 is 8.42 Å². The Morgan fingerprint density at radius 2 is 2.00 bits per heavy atom. The predicted molar refractivity (Wildman–Crippen MR) is 81.3 cm³/mol. The van der Waals surface area contributed by atoms with Crippen molar-refractivity contribution in [2.75, 3.05) is 12.8 Å². The molecule has 3 nitrogen and oxygen atoms in total. The standard InChI is InChI=1S/C12H20BrNO2S2/c1-12(2,3)5-6-18(15,16)14(4)8-10-7-11(13)17-9-10/h7,9H,5-6,8H2,1-4H3. The van der Waals surface area contributed by atoms with Crippen molar-refractivity contribution in [3.8, 4) is 0 Å². The van der Waals surface area contributed by atoms with Crippen LogP contribution in [0, 0.1) is 5.41 Å². The Kier molecular flexibility index (Phi) is 5.41. The van der Waals surface area contributed by atoms with E-state index in [0.717, 1.165) is 9.35 Å². The van der Waals surface area contributed by atoms with Crippen LogP contribution in [0.5, 0.6) is 0 Å². The summed E-state index contributed by atoms with van der Waals surface area (Å²) in [6, 6.07) is 1.96. The van der Waals surface area contributed by atoms with Gasteiger partial charge in [0.15, 0.2) is 0 Å². The van der Waals surface area contributed by atoms with Crippen molar-refractivity contribution in [3.63, 3.8) is 0 Å². The molecule has 0 N–H and O–H groups in total. The Morgan fingerprint density at radius 3 is 2.44 bits per heavy atom. The van der Waals surface area contributed by atoms with E-state index in [-0.39, 0.29) is 11.2 Å². The third-order valence-electron chi connectivity index (χ3n) is 2.61. The zero-order valence-corrected chi connectivity index (χ0v) is 14.5. The van der Waals surface area contributed by atoms with Crippen LogP contribution in [0.3, 0.4) is 0 Å². The summed E-state index contributed by atoms with van der Waals surface area (Å²) < 4.78 is 26.7. The van der Waals surface area contributed by atoms with E-state index in [1.807, 2.05) is 11.4 Å². The maximum Gasteiger partial charge on any atom is 0.214 e. The van der Waals surface area contributed by atoms with Gasteiger partial charge in [-0.1, -0.05) is 20.8 Å². The molecular weight excluding hydrogens is 334 g/mol. The molecular formula is C12H20BrNO2S2. The van der Waals surface area contributed by atoms with Crippen molar-refractivity contribution in [1.82, 2.24) is 4.31 Å². The largest absolute Gasteiger partial charge is 0.214 e. The van der Waals surface area contributed by atoms with Crippen LogP contribution in [0.2, 0.25) is 0 Å². The van der Waals surface area contributed by atoms with E-state index in [0.29, 0.717) is 13.0 Å². The Morgan fingerprint density at radius 1 is 1.39 bits per heavy atom. The molecule has 1 aromatic rings. The molecule has 0 bridgehead atoms. The number of nitrogens with zero attached hydrogens (tertiary/aromatic N) is 1. The lowest BCUT2D eigenvalue weighted by atomic mass is 9.94. The van der Waals surface area contributed by atoms with Gasteiger partial charge >= 0.3 is 0 Å². The van der Waals surface area contributed by atoms with Gasteiger partial charge < -0.3 is 0 Å². The second-order valence-electron chi connectivity index (χ2n) is 5.64. The highest BCUT2D eigenvalue weighted by Crippen LogP contribution is 2.23. The maximum atomic E-state index is 12.1. The predicted octanol–water partition coefficient (Wildman–Crippen LogP) is 3.71. The van der Waals surface area contributed by atoms with Crippen LogP contribution >= 0.6 is 27.3 Å². The van der Waals surface area contributed by atoms with Gasteiger partial charge in [-0.25, -0.2) is 12.7 Å². The van der Waals surface area contributed by atoms with Crippen molar-refractivity contribution in [1.29, 1.82) is 0 Å². The Bertz CT molecular complexity index is 488. The van der Waals surface area contributed by atoms with E-state index in [2.05, 4.69) is 36.7 Å². The van der Waals surface area contributed by atoms with Crippen molar-refractivity contribution >= 4 is 37.3 Å². The highest BCUT2D eigenvalue weighted by molar-refractivity contribution is 9.11. The smallest absolute Gasteiger partial charge is 0.212 e. The lowest BCUT2D eigenvalue weighted by molar-refractivity contribution is 0.388. The third-order valence-corrected chi connectivity index (χ3v) is 5.96. The van der Waals surface area contributed by atoms with E-state index in [1.165, 1.54) is 4.31 Å². The van der Waals surface area contributed by atoms with Gasteiger partial charge in [0.1, 0.15) is 0 Å². The molecule has 0 spiro atoms. The molecule has 0 aliphatic heterocycles. The minimum absolute atomic E-state index is 0.0410. The van der Waals surface area contributed by atoms with E-state index < -0.39 is 10.0 Å². The SMILES string of the molecule is CN(Cc1csc(Br)c1)S(=O)(=O)CCC(C)(C)C. The van der Waals surface area contributed by atoms with Gasteiger partial charge in [-0.05, 0) is 44.8 Å². The average molecular weight is 354 g/mol. The molecule has 6 heteroatoms. The van der Waals surface area contributed by atoms with Crippen LogP contribution in [-0.2, 0) is 16.6 Å². The van der Waals surface area contributed by atoms with Crippen molar-refractivity contribution in [2.24, 2.45) is 5.41 Å². The fourth-order valence-electron chi connectivity index (χ4n) is 1.38. The van der Waals surface area contributed by atoms with Crippen LogP contribution in [-0.4, -0.2) is 25.5 Å². The maximum absolute atomic E-state index is 12.1. The highest BCUT2D eigenvalue weighted by Gasteiger charge is 2.21. The Balaban J connectivity index is 2.62. The molecule has 18 heavy (non-hydrogen) atoms. The van der Waals surface area contributed by atoms with Gasteiger partial charge in [0.05, 0.1) is 9.54 Å². The summed E-state index contributed by atoms with van der Waals surface area (Å²) in [7, 11) is -1.52. The Hall–Kier alpha value is 0.0900. The number of hydrogen-bond acceptors (Lipinski definition) is 3. The zero-order chi connectivity index (χ0) is 14.0. The molecule has 0 aromatic carbocycles. The van der Waals surface area contributed by atoms with E-state index in [4.69, 9.17) is 0 Å². The van der Waals surface area contributed by atoms with Crippen LogP contribution < -0.4 is 0 Å². The molecule has 1 heterocycles. The second-order valence-corrected chi connectivity index (χ2v) is 10.1. The summed E-state index contributed by atoms with van der Waals surface area (Å²) in [4.78, 5) is 0. The lowest BCUT2D eigenvalue weighted by Gasteiger charge is -2.21. The number of halogens is 1. The van der Waals surface area contributed by atoms with Crippen molar-refractivity contribution in [2.45, 2.75) is 33.7 Å². The first kappa shape index (κ1) is 16.1. The number of sulfonamides is 1. The summed E-state index contributed by atoms with van der Waals surface area (Å²) >= 11 is 4.95. The molecule has 0 saturated heterocycles. The molecule has 0 amide bonds. The van der Waals surface area contributed by atoms with Gasteiger partial charge in [0.25, 0.3) is 0 Å². The first-order valence-electron chi connectivity index (χ1n) is 5.77. The van der Waals surface area contributed by atoms with Crippen LogP contribution in [0.1, 0.15) is 32.8 Å². The van der Waals surface area contributed by atoms with Crippen molar-refractivity contribution in [3.05, 3.63) is 20.8 Å². The number of thiophene rings is 1. The molecule has 104 valence electrons. The molecule has 0 unspecified atom stereocenters.